The number of rotatable bonds is 7. The maximum atomic E-state index is 11.7. The molecule has 0 aliphatic rings. The van der Waals surface area contributed by atoms with Crippen molar-refractivity contribution >= 4 is 33.8 Å². The first kappa shape index (κ1) is 21.1. The van der Waals surface area contributed by atoms with Crippen molar-refractivity contribution in [1.82, 2.24) is 9.97 Å². The van der Waals surface area contributed by atoms with Gasteiger partial charge in [0.25, 0.3) is 5.88 Å². The van der Waals surface area contributed by atoms with Gasteiger partial charge < -0.3 is 19.6 Å². The third-order valence-corrected chi connectivity index (χ3v) is 4.58. The lowest BCUT2D eigenvalue weighted by Gasteiger charge is -2.13. The maximum Gasteiger partial charge on any atom is 0.395 e. The van der Waals surface area contributed by atoms with Crippen molar-refractivity contribution < 1.29 is 19.5 Å². The summed E-state index contributed by atoms with van der Waals surface area (Å²) in [5.41, 5.74) is -0.373. The van der Waals surface area contributed by atoms with Crippen LogP contribution in [0, 0.1) is 10.1 Å². The van der Waals surface area contributed by atoms with Crippen LogP contribution in [0.15, 0.2) is 51.7 Å². The van der Waals surface area contributed by atoms with Crippen LogP contribution in [-0.2, 0) is 6.61 Å². The van der Waals surface area contributed by atoms with Crippen LogP contribution in [0.5, 0.6) is 17.4 Å². The van der Waals surface area contributed by atoms with Crippen molar-refractivity contribution in [2.24, 2.45) is 0 Å². The Morgan fingerprint density at radius 1 is 1.27 bits per heavy atom. The van der Waals surface area contributed by atoms with E-state index in [-0.39, 0.29) is 5.82 Å². The summed E-state index contributed by atoms with van der Waals surface area (Å²) < 4.78 is 11.9. The molecule has 0 fully saturated rings. The summed E-state index contributed by atoms with van der Waals surface area (Å²) in [6.45, 7) is 0.359. The summed E-state index contributed by atoms with van der Waals surface area (Å²) in [5.74, 6) is 0.0142. The Morgan fingerprint density at radius 2 is 2.00 bits per heavy atom. The van der Waals surface area contributed by atoms with Crippen molar-refractivity contribution in [3.8, 4) is 17.4 Å². The van der Waals surface area contributed by atoms with Crippen LogP contribution in [-0.4, -0.2) is 27.1 Å². The molecule has 0 aliphatic heterocycles. The predicted molar refractivity (Wildman–Crippen MR) is 114 cm³/mol. The second-order valence-corrected chi connectivity index (χ2v) is 6.88. The summed E-state index contributed by atoms with van der Waals surface area (Å²) >= 11 is 3.46. The number of nitrogens with one attached hydrogen (secondary N) is 1. The second-order valence-electron chi connectivity index (χ2n) is 6.02. The van der Waals surface area contributed by atoms with Crippen molar-refractivity contribution in [2.45, 2.75) is 6.61 Å². The van der Waals surface area contributed by atoms with Crippen LogP contribution in [0.25, 0.3) is 12.2 Å². The van der Waals surface area contributed by atoms with Crippen molar-refractivity contribution in [3.63, 3.8) is 0 Å². The third kappa shape index (κ3) is 4.84. The molecule has 0 unspecified atom stereocenters. The number of benzene rings is 2. The largest absolute Gasteiger partial charge is 0.493 e. The predicted octanol–water partition coefficient (Wildman–Crippen LogP) is 3.90. The zero-order chi connectivity index (χ0) is 21.7. The molecule has 0 spiro atoms. The second kappa shape index (κ2) is 9.23. The fraction of sp³-hybridized carbons (Fsp3) is 0.100. The molecule has 0 amide bonds. The highest BCUT2D eigenvalue weighted by Crippen LogP contribution is 2.37. The van der Waals surface area contributed by atoms with Crippen LogP contribution in [0.1, 0.15) is 17.0 Å². The molecule has 3 rings (SSSR count). The number of aromatic nitrogens is 2. The van der Waals surface area contributed by atoms with Crippen LogP contribution in [0.4, 0.5) is 5.69 Å². The van der Waals surface area contributed by atoms with Gasteiger partial charge in [-0.1, -0.05) is 36.4 Å². The van der Waals surface area contributed by atoms with E-state index < -0.39 is 22.0 Å². The number of aromatic amines is 1. The normalized spacial score (nSPS) is 10.9. The van der Waals surface area contributed by atoms with Crippen molar-refractivity contribution in [1.29, 1.82) is 0 Å². The lowest BCUT2D eigenvalue weighted by Crippen LogP contribution is -2.14. The fourth-order valence-corrected chi connectivity index (χ4v) is 3.17. The van der Waals surface area contributed by atoms with Gasteiger partial charge in [0, 0.05) is 0 Å². The number of ether oxygens (including phenoxy) is 2. The molecular weight excluding hydrogens is 458 g/mol. The highest BCUT2D eigenvalue weighted by molar-refractivity contribution is 9.10. The summed E-state index contributed by atoms with van der Waals surface area (Å²) in [6, 6.07) is 13.2. The molecule has 2 N–H and O–H groups in total. The topological polar surface area (TPSA) is 128 Å². The molecule has 2 aromatic carbocycles. The van der Waals surface area contributed by atoms with E-state index in [9.17, 15) is 20.0 Å². The van der Waals surface area contributed by atoms with Gasteiger partial charge in [-0.3, -0.25) is 14.9 Å². The zero-order valence-corrected chi connectivity index (χ0v) is 17.3. The summed E-state index contributed by atoms with van der Waals surface area (Å²) in [4.78, 5) is 27.3. The van der Waals surface area contributed by atoms with E-state index in [0.717, 1.165) is 5.56 Å². The summed E-state index contributed by atoms with van der Waals surface area (Å²) in [5, 5.41) is 20.4. The van der Waals surface area contributed by atoms with E-state index in [1.807, 2.05) is 30.3 Å². The molecule has 1 aromatic heterocycles. The monoisotopic (exact) mass is 473 g/mol. The minimum atomic E-state index is -1.05. The summed E-state index contributed by atoms with van der Waals surface area (Å²) in [6.07, 6.45) is 2.99. The average molecular weight is 474 g/mol. The van der Waals surface area contributed by atoms with Crippen LogP contribution in [0.2, 0.25) is 0 Å². The smallest absolute Gasteiger partial charge is 0.395 e. The zero-order valence-electron chi connectivity index (χ0n) is 15.7. The van der Waals surface area contributed by atoms with Gasteiger partial charge >= 0.3 is 11.2 Å². The number of H-pyrrole nitrogens is 1. The Balaban J connectivity index is 1.84. The lowest BCUT2D eigenvalue weighted by molar-refractivity contribution is -0.387. The molecule has 3 aromatic rings. The van der Waals surface area contributed by atoms with Crippen LogP contribution < -0.4 is 15.0 Å². The SMILES string of the molecule is COc1cc(/C=C\c2nc(O)c([N+](=O)[O-])c(=O)[nH]2)cc(Br)c1OCc1ccccc1. The molecule has 154 valence electrons. The first-order chi connectivity index (χ1) is 14.4. The molecule has 0 atom stereocenters. The number of aromatic hydroxyl groups is 1. The number of nitrogens with zero attached hydrogens (tertiary/aromatic N) is 2. The van der Waals surface area contributed by atoms with Gasteiger partial charge in [-0.2, -0.15) is 4.98 Å². The first-order valence-electron chi connectivity index (χ1n) is 8.59. The van der Waals surface area contributed by atoms with E-state index in [1.54, 1.807) is 18.2 Å². The van der Waals surface area contributed by atoms with Crippen LogP contribution in [0.3, 0.4) is 0 Å². The minimum absolute atomic E-state index is 0.0393. The van der Waals surface area contributed by atoms with Gasteiger partial charge in [0.2, 0.25) is 0 Å². The Bertz CT molecular complexity index is 1160. The number of methoxy groups -OCH3 is 1. The molecule has 1 heterocycles. The molecule has 0 saturated heterocycles. The van der Waals surface area contributed by atoms with Gasteiger partial charge in [-0.15, -0.1) is 0 Å². The van der Waals surface area contributed by atoms with E-state index in [1.165, 1.54) is 13.2 Å². The molecule has 0 aliphatic carbocycles. The van der Waals surface area contributed by atoms with Gasteiger partial charge in [0.05, 0.1) is 16.5 Å². The van der Waals surface area contributed by atoms with Gasteiger partial charge in [-0.05, 0) is 45.3 Å². The number of nitro groups is 1. The number of hydrogen-bond donors (Lipinski definition) is 2. The fourth-order valence-electron chi connectivity index (χ4n) is 2.60. The molecule has 0 bridgehead atoms. The Kier molecular flexibility index (Phi) is 6.48. The number of halogens is 1. The molecule has 0 radical (unpaired) electrons. The highest BCUT2D eigenvalue weighted by atomic mass is 79.9. The molecule has 0 saturated carbocycles. The first-order valence-corrected chi connectivity index (χ1v) is 9.38. The Labute approximate surface area is 178 Å². The molecular formula is C20H16BrN3O6. The Hall–Kier alpha value is -3.66. The van der Waals surface area contributed by atoms with Crippen molar-refractivity contribution in [3.05, 3.63) is 84.4 Å². The number of hydrogen-bond acceptors (Lipinski definition) is 7. The maximum absolute atomic E-state index is 11.7. The average Bonchev–Trinajstić information content (AvgIpc) is 2.71. The van der Waals surface area contributed by atoms with E-state index in [0.29, 0.717) is 28.1 Å². The standard InChI is InChI=1S/C20H16BrN3O6/c1-29-15-10-13(7-8-16-22-19(25)17(24(27)28)20(26)23-16)9-14(21)18(15)30-11-12-5-3-2-4-6-12/h2-10H,11H2,1H3,(H2,22,23,25,26)/b8-7-. The van der Waals surface area contributed by atoms with E-state index in [2.05, 4.69) is 25.9 Å². The summed E-state index contributed by atoms with van der Waals surface area (Å²) in [7, 11) is 1.51. The molecule has 9 nitrogen and oxygen atoms in total. The quantitative estimate of drug-likeness (QED) is 0.393. The molecule has 30 heavy (non-hydrogen) atoms. The van der Waals surface area contributed by atoms with E-state index >= 15 is 0 Å². The van der Waals surface area contributed by atoms with Crippen molar-refractivity contribution in [2.75, 3.05) is 7.11 Å². The Morgan fingerprint density at radius 3 is 2.63 bits per heavy atom. The van der Waals surface area contributed by atoms with Gasteiger partial charge in [0.1, 0.15) is 12.4 Å². The molecule has 10 heteroatoms. The highest BCUT2D eigenvalue weighted by Gasteiger charge is 2.21. The lowest BCUT2D eigenvalue weighted by atomic mass is 10.2. The van der Waals surface area contributed by atoms with E-state index in [4.69, 9.17) is 9.47 Å². The third-order valence-electron chi connectivity index (χ3n) is 3.99. The minimum Gasteiger partial charge on any atom is -0.493 e. The van der Waals surface area contributed by atoms with Crippen LogP contribution >= 0.6 is 15.9 Å². The van der Waals surface area contributed by atoms with Gasteiger partial charge in [-0.25, -0.2) is 0 Å². The van der Waals surface area contributed by atoms with Gasteiger partial charge in [0.15, 0.2) is 11.5 Å².